The van der Waals surface area contributed by atoms with Crippen molar-refractivity contribution in [1.29, 1.82) is 0 Å². The molecule has 0 bridgehead atoms. The smallest absolute Gasteiger partial charge is 0.243 e. The van der Waals surface area contributed by atoms with Crippen molar-refractivity contribution >= 4 is 15.9 Å². The Morgan fingerprint density at radius 3 is 2.38 bits per heavy atom. The molecule has 7 nitrogen and oxygen atoms in total. The molecule has 1 aliphatic heterocycles. The van der Waals surface area contributed by atoms with Gasteiger partial charge in [-0.2, -0.15) is 4.31 Å². The normalized spacial score (nSPS) is 16.9. The number of nitrogens with zero attached hydrogens (tertiary/aromatic N) is 2. The highest BCUT2D eigenvalue weighted by molar-refractivity contribution is 7.88. The number of sulfonamides is 1. The molecular weight excluding hydrogens is 330 g/mol. The average Bonchev–Trinajstić information content (AvgIpc) is 2.59. The van der Waals surface area contributed by atoms with Crippen molar-refractivity contribution in [3.05, 3.63) is 35.9 Å². The standard InChI is InChI=1S/C16H25N3O4S/c20-16(17-21)8-4-5-9-18-10-12-19(13-11-18)24(22,23)14-15-6-2-1-3-7-15/h1-3,6-7,21H,4-5,8-14H2,(H,17,20). The van der Waals surface area contributed by atoms with Crippen LogP contribution < -0.4 is 5.48 Å². The van der Waals surface area contributed by atoms with Crippen molar-refractivity contribution in [2.75, 3.05) is 32.7 Å². The number of hydrogen-bond donors (Lipinski definition) is 2. The maximum atomic E-state index is 12.5. The highest BCUT2D eigenvalue weighted by Crippen LogP contribution is 2.14. The maximum absolute atomic E-state index is 12.5. The van der Waals surface area contributed by atoms with Gasteiger partial charge in [0.05, 0.1) is 5.75 Å². The third-order valence-corrected chi connectivity index (χ3v) is 6.02. The highest BCUT2D eigenvalue weighted by Gasteiger charge is 2.26. The molecule has 24 heavy (non-hydrogen) atoms. The molecule has 0 atom stereocenters. The molecule has 1 saturated heterocycles. The molecule has 1 aromatic carbocycles. The van der Waals surface area contributed by atoms with Crippen molar-refractivity contribution in [2.45, 2.75) is 25.0 Å². The molecule has 0 aromatic heterocycles. The lowest BCUT2D eigenvalue weighted by Crippen LogP contribution is -2.49. The molecular formula is C16H25N3O4S. The lowest BCUT2D eigenvalue weighted by molar-refractivity contribution is -0.129. The molecule has 0 radical (unpaired) electrons. The summed E-state index contributed by atoms with van der Waals surface area (Å²) in [6.45, 7) is 3.27. The van der Waals surface area contributed by atoms with Crippen molar-refractivity contribution in [2.24, 2.45) is 0 Å². The Hall–Kier alpha value is -1.48. The first-order valence-corrected chi connectivity index (χ1v) is 9.79. The second-order valence-electron chi connectivity index (χ2n) is 5.97. The van der Waals surface area contributed by atoms with Gasteiger partial charge in [0.1, 0.15) is 0 Å². The number of carbonyl (C=O) groups is 1. The zero-order chi connectivity index (χ0) is 17.4. The van der Waals surface area contributed by atoms with Gasteiger partial charge in [-0.3, -0.25) is 10.0 Å². The fourth-order valence-electron chi connectivity index (χ4n) is 2.78. The van der Waals surface area contributed by atoms with Crippen molar-refractivity contribution in [3.63, 3.8) is 0 Å². The number of hydroxylamine groups is 1. The number of carbonyl (C=O) groups excluding carboxylic acids is 1. The first-order chi connectivity index (χ1) is 11.5. The number of rotatable bonds is 8. The zero-order valence-corrected chi connectivity index (χ0v) is 14.5. The molecule has 0 saturated carbocycles. The topological polar surface area (TPSA) is 90.0 Å². The number of amides is 1. The van der Waals surface area contributed by atoms with E-state index in [9.17, 15) is 13.2 Å². The van der Waals surface area contributed by atoms with Crippen molar-refractivity contribution < 1.29 is 18.4 Å². The van der Waals surface area contributed by atoms with Crippen molar-refractivity contribution in [3.8, 4) is 0 Å². The van der Waals surface area contributed by atoms with E-state index in [0.29, 0.717) is 39.0 Å². The quantitative estimate of drug-likeness (QED) is 0.409. The van der Waals surface area contributed by atoms with E-state index < -0.39 is 10.0 Å². The minimum Gasteiger partial charge on any atom is -0.301 e. The zero-order valence-electron chi connectivity index (χ0n) is 13.7. The highest BCUT2D eigenvalue weighted by atomic mass is 32.2. The number of nitrogens with one attached hydrogen (secondary N) is 1. The van der Waals surface area contributed by atoms with Crippen LogP contribution in [0.3, 0.4) is 0 Å². The molecule has 0 spiro atoms. The van der Waals surface area contributed by atoms with Gasteiger partial charge in [0.25, 0.3) is 0 Å². The predicted octanol–water partition coefficient (Wildman–Crippen LogP) is 0.810. The van der Waals surface area contributed by atoms with Gasteiger partial charge >= 0.3 is 0 Å². The fraction of sp³-hybridized carbons (Fsp3) is 0.562. The second-order valence-corrected chi connectivity index (χ2v) is 7.94. The van der Waals surface area contributed by atoms with E-state index in [-0.39, 0.29) is 11.7 Å². The molecule has 2 rings (SSSR count). The minimum atomic E-state index is -3.27. The first-order valence-electron chi connectivity index (χ1n) is 8.18. The Morgan fingerprint density at radius 2 is 1.75 bits per heavy atom. The van der Waals surface area contributed by atoms with E-state index in [0.717, 1.165) is 18.5 Å². The van der Waals surface area contributed by atoms with Crippen LogP contribution in [0.5, 0.6) is 0 Å². The molecule has 1 amide bonds. The largest absolute Gasteiger partial charge is 0.301 e. The van der Waals surface area contributed by atoms with Gasteiger partial charge < -0.3 is 4.90 Å². The summed E-state index contributed by atoms with van der Waals surface area (Å²) >= 11 is 0. The van der Waals surface area contributed by atoms with Crippen LogP contribution in [0, 0.1) is 0 Å². The number of piperazine rings is 1. The van der Waals surface area contributed by atoms with Crippen LogP contribution in [0.2, 0.25) is 0 Å². The Balaban J connectivity index is 1.72. The van der Waals surface area contributed by atoms with E-state index in [1.165, 1.54) is 0 Å². The van der Waals surface area contributed by atoms with Crippen LogP contribution in [0.1, 0.15) is 24.8 Å². The lowest BCUT2D eigenvalue weighted by Gasteiger charge is -2.34. The fourth-order valence-corrected chi connectivity index (χ4v) is 4.30. The summed E-state index contributed by atoms with van der Waals surface area (Å²) in [5, 5.41) is 8.42. The molecule has 0 unspecified atom stereocenters. The monoisotopic (exact) mass is 355 g/mol. The van der Waals surface area contributed by atoms with Crippen LogP contribution in [0.25, 0.3) is 0 Å². The number of hydrogen-bond acceptors (Lipinski definition) is 5. The third-order valence-electron chi connectivity index (χ3n) is 4.17. The molecule has 134 valence electrons. The van der Waals surface area contributed by atoms with Crippen LogP contribution in [0.4, 0.5) is 0 Å². The maximum Gasteiger partial charge on any atom is 0.243 e. The summed E-state index contributed by atoms with van der Waals surface area (Å²) in [7, 11) is -3.27. The lowest BCUT2D eigenvalue weighted by atomic mass is 10.2. The van der Waals surface area contributed by atoms with Gasteiger partial charge in [0.2, 0.25) is 15.9 Å². The Labute approximate surface area is 143 Å². The summed E-state index contributed by atoms with van der Waals surface area (Å²) in [5.41, 5.74) is 2.43. The summed E-state index contributed by atoms with van der Waals surface area (Å²) in [6.07, 6.45) is 1.87. The van der Waals surface area contributed by atoms with E-state index in [4.69, 9.17) is 5.21 Å². The Morgan fingerprint density at radius 1 is 1.08 bits per heavy atom. The van der Waals surface area contributed by atoms with Gasteiger partial charge in [-0.05, 0) is 24.9 Å². The van der Waals surface area contributed by atoms with Crippen LogP contribution >= 0.6 is 0 Å². The summed E-state index contributed by atoms with van der Waals surface area (Å²) in [6, 6.07) is 9.23. The number of benzene rings is 1. The van der Waals surface area contributed by atoms with E-state index in [1.807, 2.05) is 30.3 Å². The summed E-state index contributed by atoms with van der Waals surface area (Å²) < 4.78 is 26.5. The molecule has 1 aromatic rings. The van der Waals surface area contributed by atoms with Crippen LogP contribution in [-0.4, -0.2) is 61.5 Å². The Kier molecular flexibility index (Phi) is 7.16. The molecule has 1 aliphatic rings. The minimum absolute atomic E-state index is 0.0457. The van der Waals surface area contributed by atoms with E-state index >= 15 is 0 Å². The Bertz CT molecular complexity index is 613. The molecule has 2 N–H and O–H groups in total. The summed E-state index contributed by atoms with van der Waals surface area (Å²) in [5.74, 6) is -0.323. The van der Waals surface area contributed by atoms with E-state index in [1.54, 1.807) is 9.79 Å². The SMILES string of the molecule is O=C(CCCCN1CCN(S(=O)(=O)Cc2ccccc2)CC1)NO. The second kappa shape index (κ2) is 9.12. The molecule has 1 fully saturated rings. The molecule has 1 heterocycles. The van der Waals surface area contributed by atoms with Crippen molar-refractivity contribution in [1.82, 2.24) is 14.7 Å². The van der Waals surface area contributed by atoms with E-state index in [2.05, 4.69) is 4.90 Å². The third kappa shape index (κ3) is 5.86. The van der Waals surface area contributed by atoms with Gasteiger partial charge in [-0.1, -0.05) is 30.3 Å². The summed E-state index contributed by atoms with van der Waals surface area (Å²) in [4.78, 5) is 13.1. The molecule has 0 aliphatic carbocycles. The van der Waals surface area contributed by atoms with Gasteiger partial charge in [-0.15, -0.1) is 0 Å². The van der Waals surface area contributed by atoms with Gasteiger partial charge in [-0.25, -0.2) is 13.9 Å². The number of unbranched alkanes of at least 4 members (excludes halogenated alkanes) is 1. The van der Waals surface area contributed by atoms with Gasteiger partial charge in [0.15, 0.2) is 0 Å². The van der Waals surface area contributed by atoms with Crippen LogP contribution in [-0.2, 0) is 20.6 Å². The predicted molar refractivity (Wildman–Crippen MR) is 90.9 cm³/mol. The molecule has 8 heteroatoms. The van der Waals surface area contributed by atoms with Gasteiger partial charge in [0, 0.05) is 32.6 Å². The first kappa shape index (κ1) is 18.9. The average molecular weight is 355 g/mol. The van der Waals surface area contributed by atoms with Crippen LogP contribution in [0.15, 0.2) is 30.3 Å².